The van der Waals surface area contributed by atoms with Crippen LogP contribution in [0.4, 0.5) is 11.5 Å². The van der Waals surface area contributed by atoms with Crippen molar-refractivity contribution in [2.24, 2.45) is 0 Å². The number of hydrogen-bond donors (Lipinski definition) is 0. The number of carbonyl (C=O) groups is 1. The zero-order valence-corrected chi connectivity index (χ0v) is 17.4. The van der Waals surface area contributed by atoms with Crippen LogP contribution in [0.25, 0.3) is 21.6 Å². The molecule has 1 aromatic carbocycles. The molecule has 9 nitrogen and oxygen atoms in total. The van der Waals surface area contributed by atoms with Crippen LogP contribution in [0.1, 0.15) is 22.2 Å². The second-order valence-electron chi connectivity index (χ2n) is 6.73. The number of benzene rings is 1. The van der Waals surface area contributed by atoms with Crippen molar-refractivity contribution in [2.45, 2.75) is 13.8 Å². The highest BCUT2D eigenvalue weighted by Crippen LogP contribution is 2.37. The first-order valence-electron chi connectivity index (χ1n) is 9.55. The monoisotopic (exact) mass is 428 g/mol. The van der Waals surface area contributed by atoms with E-state index < -0.39 is 4.92 Å². The van der Waals surface area contributed by atoms with Crippen LogP contribution in [-0.4, -0.2) is 53.8 Å². The van der Waals surface area contributed by atoms with Crippen LogP contribution >= 0.6 is 11.3 Å². The average Bonchev–Trinajstić information content (AvgIpc) is 3.10. The van der Waals surface area contributed by atoms with Gasteiger partial charge in [0.1, 0.15) is 15.5 Å². The fourth-order valence-electron chi connectivity index (χ4n) is 3.37. The maximum atomic E-state index is 12.4. The average molecular weight is 428 g/mol. The minimum absolute atomic E-state index is 0.00444. The van der Waals surface area contributed by atoms with Crippen molar-refractivity contribution in [2.75, 3.05) is 37.8 Å². The quantitative estimate of drug-likeness (QED) is 0.345. The molecule has 1 fully saturated rings. The molecule has 0 aliphatic carbocycles. The molecule has 1 aliphatic rings. The SMILES string of the molecule is CCOC(=O)c1sc2nc(-c3ccc([N+](=O)[O-])cc3)nc(N3CCOCC3)c2c1C. The number of non-ortho nitro benzene ring substituents is 1. The molecule has 1 saturated heterocycles. The molecule has 0 saturated carbocycles. The second-order valence-corrected chi connectivity index (χ2v) is 7.73. The molecule has 0 unspecified atom stereocenters. The number of rotatable bonds is 5. The molecule has 2 aromatic heterocycles. The number of fused-ring (bicyclic) bond motifs is 1. The van der Waals surface area contributed by atoms with E-state index in [4.69, 9.17) is 14.5 Å². The number of nitro benzene ring substituents is 1. The molecule has 10 heteroatoms. The summed E-state index contributed by atoms with van der Waals surface area (Å²) in [6.45, 7) is 6.48. The molecule has 156 valence electrons. The Kier molecular flexibility index (Phi) is 5.60. The Morgan fingerprint density at radius 2 is 1.97 bits per heavy atom. The number of nitrogens with zero attached hydrogens (tertiary/aromatic N) is 4. The topological polar surface area (TPSA) is 108 Å². The Morgan fingerprint density at radius 1 is 1.27 bits per heavy atom. The van der Waals surface area contributed by atoms with Gasteiger partial charge >= 0.3 is 5.97 Å². The summed E-state index contributed by atoms with van der Waals surface area (Å²) in [4.78, 5) is 35.7. The number of anilines is 1. The van der Waals surface area contributed by atoms with Crippen LogP contribution in [0.3, 0.4) is 0 Å². The van der Waals surface area contributed by atoms with Crippen molar-refractivity contribution in [3.63, 3.8) is 0 Å². The van der Waals surface area contributed by atoms with E-state index in [1.807, 2.05) is 6.92 Å². The molecule has 1 aliphatic heterocycles. The van der Waals surface area contributed by atoms with Gasteiger partial charge in [-0.15, -0.1) is 11.3 Å². The fraction of sp³-hybridized carbons (Fsp3) is 0.350. The van der Waals surface area contributed by atoms with Gasteiger partial charge in [0.25, 0.3) is 5.69 Å². The fourth-order valence-corrected chi connectivity index (χ4v) is 4.44. The standard InChI is InChI=1S/C20H20N4O5S/c1-3-29-20(25)16-12(2)15-18(23-8-10-28-11-9-23)21-17(22-19(15)30-16)13-4-6-14(7-5-13)24(26)27/h4-7H,3,8-11H2,1-2H3. The molecule has 3 aromatic rings. The van der Waals surface area contributed by atoms with Gasteiger partial charge < -0.3 is 14.4 Å². The van der Waals surface area contributed by atoms with Crippen LogP contribution in [0.5, 0.6) is 0 Å². The number of aryl methyl sites for hydroxylation is 1. The van der Waals surface area contributed by atoms with Crippen molar-refractivity contribution < 1.29 is 19.2 Å². The van der Waals surface area contributed by atoms with E-state index in [1.165, 1.54) is 23.5 Å². The molecular weight excluding hydrogens is 408 g/mol. The van der Waals surface area contributed by atoms with E-state index in [-0.39, 0.29) is 11.7 Å². The van der Waals surface area contributed by atoms with E-state index in [9.17, 15) is 14.9 Å². The van der Waals surface area contributed by atoms with E-state index in [0.29, 0.717) is 54.0 Å². The van der Waals surface area contributed by atoms with Crippen molar-refractivity contribution in [3.8, 4) is 11.4 Å². The second kappa shape index (κ2) is 8.33. The molecule has 0 atom stereocenters. The van der Waals surface area contributed by atoms with Crippen molar-refractivity contribution in [3.05, 3.63) is 44.8 Å². The Morgan fingerprint density at radius 3 is 2.60 bits per heavy atom. The van der Waals surface area contributed by atoms with Crippen LogP contribution in [0.15, 0.2) is 24.3 Å². The van der Waals surface area contributed by atoms with E-state index >= 15 is 0 Å². The molecule has 0 N–H and O–H groups in total. The summed E-state index contributed by atoms with van der Waals surface area (Å²) in [5, 5.41) is 11.8. The van der Waals surface area contributed by atoms with Gasteiger partial charge in [-0.05, 0) is 31.5 Å². The largest absolute Gasteiger partial charge is 0.462 e. The Labute approximate surface area is 176 Å². The first-order chi connectivity index (χ1) is 14.5. The van der Waals surface area contributed by atoms with E-state index in [2.05, 4.69) is 9.88 Å². The molecule has 4 rings (SSSR count). The van der Waals surface area contributed by atoms with Gasteiger partial charge in [-0.25, -0.2) is 14.8 Å². The summed E-state index contributed by atoms with van der Waals surface area (Å²) in [6.07, 6.45) is 0. The van der Waals surface area contributed by atoms with Gasteiger partial charge in [0.05, 0.1) is 30.1 Å². The lowest BCUT2D eigenvalue weighted by Crippen LogP contribution is -2.37. The minimum atomic E-state index is -0.443. The number of thiophene rings is 1. The number of esters is 1. The summed E-state index contributed by atoms with van der Waals surface area (Å²) >= 11 is 1.28. The normalized spacial score (nSPS) is 14.1. The summed E-state index contributed by atoms with van der Waals surface area (Å²) in [5.41, 5.74) is 1.47. The summed E-state index contributed by atoms with van der Waals surface area (Å²) < 4.78 is 10.7. The van der Waals surface area contributed by atoms with Crippen LogP contribution in [0.2, 0.25) is 0 Å². The van der Waals surface area contributed by atoms with E-state index in [1.54, 1.807) is 19.1 Å². The van der Waals surface area contributed by atoms with Crippen molar-refractivity contribution in [1.82, 2.24) is 9.97 Å². The maximum absolute atomic E-state index is 12.4. The number of nitro groups is 1. The zero-order chi connectivity index (χ0) is 21.3. The predicted octanol–water partition coefficient (Wildman–Crippen LogP) is 3.59. The van der Waals surface area contributed by atoms with E-state index in [0.717, 1.165) is 16.8 Å². The van der Waals surface area contributed by atoms with Crippen LogP contribution < -0.4 is 4.90 Å². The van der Waals surface area contributed by atoms with Gasteiger partial charge in [-0.2, -0.15) is 0 Å². The van der Waals surface area contributed by atoms with Crippen molar-refractivity contribution >= 4 is 39.0 Å². The third-order valence-corrected chi connectivity index (χ3v) is 6.04. The molecule has 3 heterocycles. The Balaban J connectivity index is 1.87. The zero-order valence-electron chi connectivity index (χ0n) is 16.6. The summed E-state index contributed by atoms with van der Waals surface area (Å²) in [5.74, 6) is 0.819. The lowest BCUT2D eigenvalue weighted by molar-refractivity contribution is -0.384. The highest BCUT2D eigenvalue weighted by molar-refractivity contribution is 7.20. The minimum Gasteiger partial charge on any atom is -0.462 e. The number of aromatic nitrogens is 2. The van der Waals surface area contributed by atoms with Gasteiger partial charge in [-0.1, -0.05) is 0 Å². The third kappa shape index (κ3) is 3.71. The molecule has 0 bridgehead atoms. The smallest absolute Gasteiger partial charge is 0.348 e. The summed E-state index contributed by atoms with van der Waals surface area (Å²) in [7, 11) is 0. The van der Waals surface area contributed by atoms with Crippen LogP contribution in [0, 0.1) is 17.0 Å². The Bertz CT molecular complexity index is 1110. The van der Waals surface area contributed by atoms with Crippen LogP contribution in [-0.2, 0) is 9.47 Å². The molecule has 0 radical (unpaired) electrons. The number of ether oxygens (including phenoxy) is 2. The number of carbonyl (C=O) groups excluding carboxylic acids is 1. The van der Waals surface area contributed by atoms with Gasteiger partial charge in [0.15, 0.2) is 5.82 Å². The maximum Gasteiger partial charge on any atom is 0.348 e. The molecule has 0 spiro atoms. The summed E-state index contributed by atoms with van der Waals surface area (Å²) in [6, 6.07) is 6.13. The van der Waals surface area contributed by atoms with Gasteiger partial charge in [0, 0.05) is 30.8 Å². The lowest BCUT2D eigenvalue weighted by atomic mass is 10.1. The van der Waals surface area contributed by atoms with Gasteiger partial charge in [-0.3, -0.25) is 10.1 Å². The third-order valence-electron chi connectivity index (χ3n) is 4.88. The lowest BCUT2D eigenvalue weighted by Gasteiger charge is -2.28. The molecular formula is C20H20N4O5S. The number of hydrogen-bond acceptors (Lipinski definition) is 9. The van der Waals surface area contributed by atoms with Crippen molar-refractivity contribution in [1.29, 1.82) is 0 Å². The molecule has 0 amide bonds. The highest BCUT2D eigenvalue weighted by atomic mass is 32.1. The first kappa shape index (κ1) is 20.2. The first-order valence-corrected chi connectivity index (χ1v) is 10.4. The number of morpholine rings is 1. The van der Waals surface area contributed by atoms with Gasteiger partial charge in [0.2, 0.25) is 0 Å². The Hall–Kier alpha value is -3.11. The predicted molar refractivity (Wildman–Crippen MR) is 113 cm³/mol. The highest BCUT2D eigenvalue weighted by Gasteiger charge is 2.25. The molecule has 30 heavy (non-hydrogen) atoms.